The van der Waals surface area contributed by atoms with E-state index in [1.807, 2.05) is 6.92 Å². The van der Waals surface area contributed by atoms with Gasteiger partial charge in [-0.2, -0.15) is 0 Å². The second kappa shape index (κ2) is 8.25. The van der Waals surface area contributed by atoms with Crippen LogP contribution in [0.5, 0.6) is 5.75 Å². The monoisotopic (exact) mass is 305 g/mol. The lowest BCUT2D eigenvalue weighted by molar-refractivity contribution is -0.133. The smallest absolute Gasteiger partial charge is 0.260 e. The topological polar surface area (TPSA) is 49.8 Å². The maximum Gasteiger partial charge on any atom is 0.260 e. The summed E-state index contributed by atoms with van der Waals surface area (Å²) in [6.45, 7) is 2.93. The van der Waals surface area contributed by atoms with E-state index in [0.717, 1.165) is 0 Å². The third-order valence-corrected chi connectivity index (χ3v) is 3.11. The fraction of sp³-hybridized carbons (Fsp3) is 0.462. The lowest BCUT2D eigenvalue weighted by Gasteiger charge is -2.20. The van der Waals surface area contributed by atoms with Crippen molar-refractivity contribution in [2.24, 2.45) is 0 Å². The van der Waals surface area contributed by atoms with Crippen LogP contribution < -0.4 is 4.74 Å². The van der Waals surface area contributed by atoms with Gasteiger partial charge in [0.2, 0.25) is 0 Å². The lowest BCUT2D eigenvalue weighted by Crippen LogP contribution is -2.35. The average Bonchev–Trinajstić information content (AvgIpc) is 2.40. The zero-order valence-electron chi connectivity index (χ0n) is 10.7. The van der Waals surface area contributed by atoms with Gasteiger partial charge in [0.15, 0.2) is 6.61 Å². The first-order valence-electron chi connectivity index (χ1n) is 6.05. The molecule has 1 N–H and O–H groups in total. The minimum absolute atomic E-state index is 0.0603. The standard InChI is InChI=1S/C13H17Cl2NO3/c1-2-16(6-3-7-17)13(18)9-19-12-8-10(14)4-5-11(12)15/h4-5,8,17H,2-3,6-7,9H2,1H3. The van der Waals surface area contributed by atoms with E-state index in [4.69, 9.17) is 33.0 Å². The molecule has 0 atom stereocenters. The van der Waals surface area contributed by atoms with Crippen molar-refractivity contribution in [1.82, 2.24) is 4.90 Å². The Labute approximate surface area is 122 Å². The third-order valence-electron chi connectivity index (χ3n) is 2.56. The van der Waals surface area contributed by atoms with E-state index in [9.17, 15) is 4.79 Å². The molecule has 0 aliphatic carbocycles. The van der Waals surface area contributed by atoms with E-state index in [-0.39, 0.29) is 19.1 Å². The highest BCUT2D eigenvalue weighted by Crippen LogP contribution is 2.27. The van der Waals surface area contributed by atoms with Gasteiger partial charge in [-0.1, -0.05) is 23.2 Å². The van der Waals surface area contributed by atoms with Crippen LogP contribution in [0.15, 0.2) is 18.2 Å². The predicted molar refractivity (Wildman–Crippen MR) is 75.9 cm³/mol. The molecule has 1 aromatic rings. The summed E-state index contributed by atoms with van der Waals surface area (Å²) in [5, 5.41) is 9.68. The van der Waals surface area contributed by atoms with Crippen molar-refractivity contribution >= 4 is 29.1 Å². The van der Waals surface area contributed by atoms with E-state index >= 15 is 0 Å². The SMILES string of the molecule is CCN(CCCO)C(=O)COc1cc(Cl)ccc1Cl. The van der Waals surface area contributed by atoms with Crippen molar-refractivity contribution < 1.29 is 14.6 Å². The largest absolute Gasteiger partial charge is 0.482 e. The third kappa shape index (κ3) is 5.27. The summed E-state index contributed by atoms with van der Waals surface area (Å²) in [5.74, 6) is 0.243. The first kappa shape index (κ1) is 16.1. The highest BCUT2D eigenvalue weighted by atomic mass is 35.5. The molecule has 0 radical (unpaired) electrons. The number of rotatable bonds is 7. The van der Waals surface area contributed by atoms with Crippen molar-refractivity contribution in [3.05, 3.63) is 28.2 Å². The van der Waals surface area contributed by atoms with Crippen LogP contribution in [0.2, 0.25) is 10.0 Å². The number of aliphatic hydroxyl groups excluding tert-OH is 1. The van der Waals surface area contributed by atoms with Gasteiger partial charge in [0.05, 0.1) is 5.02 Å². The molecular formula is C13H17Cl2NO3. The van der Waals surface area contributed by atoms with Gasteiger partial charge >= 0.3 is 0 Å². The minimum atomic E-state index is -0.146. The molecular weight excluding hydrogens is 289 g/mol. The van der Waals surface area contributed by atoms with E-state index in [2.05, 4.69) is 0 Å². The number of carbonyl (C=O) groups is 1. The van der Waals surface area contributed by atoms with Crippen LogP contribution in [0.3, 0.4) is 0 Å². The second-order valence-electron chi connectivity index (χ2n) is 3.91. The maximum atomic E-state index is 11.9. The Hall–Kier alpha value is -0.970. The van der Waals surface area contributed by atoms with Crippen LogP contribution in [-0.2, 0) is 4.79 Å². The van der Waals surface area contributed by atoms with Gasteiger partial charge in [-0.3, -0.25) is 4.79 Å². The average molecular weight is 306 g/mol. The van der Waals surface area contributed by atoms with Gasteiger partial charge < -0.3 is 14.7 Å². The molecule has 0 saturated carbocycles. The van der Waals surface area contributed by atoms with Crippen LogP contribution in [-0.4, -0.2) is 42.2 Å². The quantitative estimate of drug-likeness (QED) is 0.842. The zero-order valence-corrected chi connectivity index (χ0v) is 12.2. The number of hydrogen-bond donors (Lipinski definition) is 1. The van der Waals surface area contributed by atoms with Gasteiger partial charge in [-0.05, 0) is 25.5 Å². The molecule has 0 aliphatic heterocycles. The number of hydrogen-bond acceptors (Lipinski definition) is 3. The summed E-state index contributed by atoms with van der Waals surface area (Å²) in [4.78, 5) is 13.5. The molecule has 1 rings (SSSR count). The zero-order chi connectivity index (χ0) is 14.3. The van der Waals surface area contributed by atoms with Crippen molar-refractivity contribution in [2.75, 3.05) is 26.3 Å². The minimum Gasteiger partial charge on any atom is -0.482 e. The Kier molecular flexibility index (Phi) is 6.99. The first-order valence-corrected chi connectivity index (χ1v) is 6.80. The van der Waals surface area contributed by atoms with E-state index < -0.39 is 0 Å². The molecule has 1 aromatic carbocycles. The van der Waals surface area contributed by atoms with Crippen LogP contribution in [0.1, 0.15) is 13.3 Å². The van der Waals surface area contributed by atoms with E-state index in [0.29, 0.717) is 35.3 Å². The van der Waals surface area contributed by atoms with Crippen molar-refractivity contribution in [1.29, 1.82) is 0 Å². The molecule has 0 fully saturated rings. The highest BCUT2D eigenvalue weighted by Gasteiger charge is 2.13. The molecule has 0 heterocycles. The number of ether oxygens (including phenoxy) is 1. The summed E-state index contributed by atoms with van der Waals surface area (Å²) in [7, 11) is 0. The molecule has 0 saturated heterocycles. The van der Waals surface area contributed by atoms with Crippen molar-refractivity contribution in [3.63, 3.8) is 0 Å². The molecule has 0 bridgehead atoms. The maximum absolute atomic E-state index is 11.9. The summed E-state index contributed by atoms with van der Waals surface area (Å²) in [6, 6.07) is 4.84. The van der Waals surface area contributed by atoms with E-state index in [1.54, 1.807) is 23.1 Å². The van der Waals surface area contributed by atoms with Crippen LogP contribution in [0, 0.1) is 0 Å². The Morgan fingerprint density at radius 3 is 2.79 bits per heavy atom. The van der Waals surface area contributed by atoms with Crippen molar-refractivity contribution in [3.8, 4) is 5.75 Å². The van der Waals surface area contributed by atoms with Crippen molar-refractivity contribution in [2.45, 2.75) is 13.3 Å². The molecule has 0 spiro atoms. The Morgan fingerprint density at radius 1 is 1.42 bits per heavy atom. The summed E-state index contributed by atoms with van der Waals surface area (Å²) in [5.41, 5.74) is 0. The fourth-order valence-corrected chi connectivity index (χ4v) is 1.87. The summed E-state index contributed by atoms with van der Waals surface area (Å²) < 4.78 is 5.37. The number of likely N-dealkylation sites (N-methyl/N-ethyl adjacent to an activating group) is 1. The van der Waals surface area contributed by atoms with E-state index in [1.165, 1.54) is 0 Å². The number of nitrogens with zero attached hydrogens (tertiary/aromatic N) is 1. The predicted octanol–water partition coefficient (Wildman–Crippen LogP) is 2.60. The molecule has 19 heavy (non-hydrogen) atoms. The number of halogens is 2. The van der Waals surface area contributed by atoms with Gasteiger partial charge in [0.1, 0.15) is 5.75 Å². The number of amides is 1. The van der Waals surface area contributed by atoms with Gasteiger partial charge in [0.25, 0.3) is 5.91 Å². The van der Waals surface area contributed by atoms with Crippen LogP contribution >= 0.6 is 23.2 Å². The molecule has 0 aromatic heterocycles. The first-order chi connectivity index (χ1) is 9.08. The summed E-state index contributed by atoms with van der Waals surface area (Å²) in [6.07, 6.45) is 0.553. The highest BCUT2D eigenvalue weighted by molar-refractivity contribution is 6.34. The Morgan fingerprint density at radius 2 is 2.16 bits per heavy atom. The lowest BCUT2D eigenvalue weighted by atomic mass is 10.3. The Balaban J connectivity index is 2.55. The number of benzene rings is 1. The molecule has 106 valence electrons. The normalized spacial score (nSPS) is 10.3. The molecule has 0 unspecified atom stereocenters. The summed E-state index contributed by atoms with van der Waals surface area (Å²) >= 11 is 11.8. The number of aliphatic hydroxyl groups is 1. The fourth-order valence-electron chi connectivity index (χ4n) is 1.54. The van der Waals surface area contributed by atoms with Crippen LogP contribution in [0.4, 0.5) is 0 Å². The van der Waals surface area contributed by atoms with Gasteiger partial charge in [-0.15, -0.1) is 0 Å². The van der Waals surface area contributed by atoms with Gasteiger partial charge in [0, 0.05) is 30.8 Å². The van der Waals surface area contributed by atoms with Crippen LogP contribution in [0.25, 0.3) is 0 Å². The Bertz CT molecular complexity index is 426. The number of carbonyl (C=O) groups excluding carboxylic acids is 1. The van der Waals surface area contributed by atoms with Gasteiger partial charge in [-0.25, -0.2) is 0 Å². The molecule has 4 nitrogen and oxygen atoms in total. The molecule has 1 amide bonds. The second-order valence-corrected chi connectivity index (χ2v) is 4.76. The molecule has 6 heteroatoms. The molecule has 0 aliphatic rings.